The van der Waals surface area contributed by atoms with Gasteiger partial charge in [-0.3, -0.25) is 0 Å². The lowest BCUT2D eigenvalue weighted by Crippen LogP contribution is -2.31. The predicted molar refractivity (Wildman–Crippen MR) is 83.9 cm³/mol. The van der Waals surface area contributed by atoms with E-state index >= 15 is 0 Å². The van der Waals surface area contributed by atoms with E-state index < -0.39 is 6.09 Å². The Labute approximate surface area is 133 Å². The molecule has 118 valence electrons. The molecule has 1 aromatic carbocycles. The van der Waals surface area contributed by atoms with Crippen molar-refractivity contribution in [3.8, 4) is 0 Å². The maximum atomic E-state index is 12.0. The van der Waals surface area contributed by atoms with Crippen molar-refractivity contribution in [3.63, 3.8) is 0 Å². The Kier molecular flexibility index (Phi) is 3.92. The van der Waals surface area contributed by atoms with Gasteiger partial charge in [-0.05, 0) is 30.6 Å². The number of aryl methyl sites for hydroxylation is 3. The molecular formula is C16H18N5O2+. The van der Waals surface area contributed by atoms with Crippen LogP contribution in [0.15, 0.2) is 36.4 Å². The minimum Gasteiger partial charge on any atom is -0.437 e. The van der Waals surface area contributed by atoms with Crippen LogP contribution in [-0.2, 0) is 18.4 Å². The average Bonchev–Trinajstić information content (AvgIpc) is 2.82. The van der Waals surface area contributed by atoms with Crippen LogP contribution >= 0.6 is 0 Å². The Balaban J connectivity index is 1.77. The molecule has 1 amide bonds. The monoisotopic (exact) mass is 312 g/mol. The Morgan fingerprint density at radius 2 is 2.04 bits per heavy atom. The van der Waals surface area contributed by atoms with E-state index in [9.17, 15) is 4.79 Å². The summed E-state index contributed by atoms with van der Waals surface area (Å²) in [5.74, 6) is 1.03. The van der Waals surface area contributed by atoms with Crippen molar-refractivity contribution in [2.75, 3.05) is 5.32 Å². The summed E-state index contributed by atoms with van der Waals surface area (Å²) in [6.07, 6.45) is -0.554. The highest BCUT2D eigenvalue weighted by atomic mass is 16.5. The van der Waals surface area contributed by atoms with Crippen molar-refractivity contribution in [2.24, 2.45) is 7.05 Å². The van der Waals surface area contributed by atoms with Crippen LogP contribution in [0.5, 0.6) is 0 Å². The minimum atomic E-state index is -0.554. The summed E-state index contributed by atoms with van der Waals surface area (Å²) in [4.78, 5) is 16.4. The van der Waals surface area contributed by atoms with Gasteiger partial charge in [-0.2, -0.15) is 4.40 Å². The third kappa shape index (κ3) is 3.13. The molecule has 0 unspecified atom stereocenters. The van der Waals surface area contributed by atoms with Crippen LogP contribution < -0.4 is 9.72 Å². The fourth-order valence-corrected chi connectivity index (χ4v) is 2.41. The number of nitrogens with one attached hydrogen (secondary N) is 1. The number of hydrogen-bond acceptors (Lipinski definition) is 4. The highest BCUT2D eigenvalue weighted by Gasteiger charge is 2.22. The Bertz CT molecular complexity index is 858. The molecule has 7 nitrogen and oxygen atoms in total. The number of hydrogen-bond donors (Lipinski definition) is 1. The lowest BCUT2D eigenvalue weighted by molar-refractivity contribution is -0.507. The zero-order valence-electron chi connectivity index (χ0n) is 13.3. The van der Waals surface area contributed by atoms with Gasteiger partial charge in [-0.1, -0.05) is 30.3 Å². The first-order valence-electron chi connectivity index (χ1n) is 7.25. The molecule has 0 atom stereocenters. The first-order valence-corrected chi connectivity index (χ1v) is 7.25. The normalized spacial score (nSPS) is 10.7. The maximum Gasteiger partial charge on any atom is 0.451 e. The second-order valence-electron chi connectivity index (χ2n) is 5.31. The summed E-state index contributed by atoms with van der Waals surface area (Å²) in [7, 11) is 1.78. The van der Waals surface area contributed by atoms with E-state index in [0.717, 1.165) is 17.0 Å². The Hall–Kier alpha value is -2.96. The van der Waals surface area contributed by atoms with Crippen molar-refractivity contribution in [2.45, 2.75) is 20.5 Å². The molecule has 0 spiro atoms. The summed E-state index contributed by atoms with van der Waals surface area (Å²) in [6.45, 7) is 4.06. The zero-order valence-corrected chi connectivity index (χ0v) is 13.3. The number of anilines is 1. The van der Waals surface area contributed by atoms with Gasteiger partial charge in [0.2, 0.25) is 0 Å². The van der Waals surface area contributed by atoms with Crippen LogP contribution in [0.4, 0.5) is 10.7 Å². The average molecular weight is 312 g/mol. The molecule has 0 saturated carbocycles. The molecule has 1 N–H and O–H groups in total. The number of rotatable bonds is 3. The van der Waals surface area contributed by atoms with Gasteiger partial charge in [-0.15, -0.1) is 9.67 Å². The topological polar surface area (TPSA) is 73.1 Å². The zero-order chi connectivity index (χ0) is 16.4. The van der Waals surface area contributed by atoms with Gasteiger partial charge in [0.25, 0.3) is 0 Å². The summed E-state index contributed by atoms with van der Waals surface area (Å²) in [5.41, 5.74) is 2.75. The van der Waals surface area contributed by atoms with Crippen LogP contribution in [-0.4, -0.2) is 20.9 Å². The molecule has 7 heteroatoms. The summed E-state index contributed by atoms with van der Waals surface area (Å²) in [6, 6.07) is 11.4. The third-order valence-electron chi connectivity index (χ3n) is 3.42. The largest absolute Gasteiger partial charge is 0.451 e. The summed E-state index contributed by atoms with van der Waals surface area (Å²) >= 11 is 0. The molecule has 3 rings (SSSR count). The Morgan fingerprint density at radius 3 is 2.78 bits per heavy atom. The number of amides is 1. The second-order valence-corrected chi connectivity index (χ2v) is 5.31. The molecular weight excluding hydrogens is 294 g/mol. The molecule has 0 saturated heterocycles. The second kappa shape index (κ2) is 6.04. The molecule has 3 aromatic rings. The molecule has 2 heterocycles. The molecule has 23 heavy (non-hydrogen) atoms. The van der Waals surface area contributed by atoms with Gasteiger partial charge in [-0.25, -0.2) is 10.1 Å². The van der Waals surface area contributed by atoms with Gasteiger partial charge < -0.3 is 4.74 Å². The van der Waals surface area contributed by atoms with E-state index in [1.165, 1.54) is 0 Å². The van der Waals surface area contributed by atoms with E-state index in [0.29, 0.717) is 11.7 Å². The first kappa shape index (κ1) is 15.0. The fraction of sp³-hybridized carbons (Fsp3) is 0.250. The quantitative estimate of drug-likeness (QED) is 0.750. The highest BCUT2D eigenvalue weighted by molar-refractivity contribution is 5.81. The van der Waals surface area contributed by atoms with Crippen molar-refractivity contribution >= 4 is 17.8 Å². The van der Waals surface area contributed by atoms with Crippen molar-refractivity contribution in [1.82, 2.24) is 14.8 Å². The number of fused-ring (bicyclic) bond motifs is 1. The van der Waals surface area contributed by atoms with Crippen molar-refractivity contribution in [1.29, 1.82) is 0 Å². The number of ether oxygens (including phenoxy) is 1. The van der Waals surface area contributed by atoms with Gasteiger partial charge in [0, 0.05) is 0 Å². The third-order valence-corrected chi connectivity index (χ3v) is 3.42. The lowest BCUT2D eigenvalue weighted by atomic mass is 10.2. The molecule has 0 aliphatic heterocycles. The van der Waals surface area contributed by atoms with E-state index in [2.05, 4.69) is 15.4 Å². The standard InChI is InChI=1S/C16H17N5O2/c1-11-9-12(2)21-14(19-20(3)15(21)17-11)18-16(22)23-10-13-7-5-4-6-8-13/h4-9H,10H2,1-3H3/p+1. The van der Waals surface area contributed by atoms with Crippen LogP contribution in [0.1, 0.15) is 17.0 Å². The van der Waals surface area contributed by atoms with E-state index in [1.807, 2.05) is 50.2 Å². The summed E-state index contributed by atoms with van der Waals surface area (Å²) in [5, 5.41) is 6.96. The first-order chi connectivity index (χ1) is 11.0. The highest BCUT2D eigenvalue weighted by Crippen LogP contribution is 2.06. The van der Waals surface area contributed by atoms with Crippen LogP contribution in [0, 0.1) is 13.8 Å². The summed E-state index contributed by atoms with van der Waals surface area (Å²) < 4.78 is 8.61. The molecule has 0 bridgehead atoms. The molecule has 0 aliphatic carbocycles. The number of carbonyl (C=O) groups is 1. The van der Waals surface area contributed by atoms with Crippen LogP contribution in [0.25, 0.3) is 5.78 Å². The van der Waals surface area contributed by atoms with Crippen LogP contribution in [0.2, 0.25) is 0 Å². The van der Waals surface area contributed by atoms with E-state index in [4.69, 9.17) is 4.74 Å². The molecule has 0 radical (unpaired) electrons. The molecule has 0 aliphatic rings. The predicted octanol–water partition coefficient (Wildman–Crippen LogP) is 1.92. The van der Waals surface area contributed by atoms with Gasteiger partial charge >= 0.3 is 17.8 Å². The number of carbonyl (C=O) groups excluding carboxylic acids is 1. The smallest absolute Gasteiger partial charge is 0.437 e. The molecule has 2 aromatic heterocycles. The van der Waals surface area contributed by atoms with Gasteiger partial charge in [0.15, 0.2) is 0 Å². The van der Waals surface area contributed by atoms with Crippen molar-refractivity contribution < 1.29 is 13.9 Å². The lowest BCUT2D eigenvalue weighted by Gasteiger charge is -2.03. The maximum absolute atomic E-state index is 12.0. The molecule has 0 fully saturated rings. The number of aromatic nitrogens is 4. The minimum absolute atomic E-state index is 0.207. The fourth-order valence-electron chi connectivity index (χ4n) is 2.41. The van der Waals surface area contributed by atoms with Crippen LogP contribution in [0.3, 0.4) is 0 Å². The number of benzene rings is 1. The SMILES string of the molecule is Cc1cc(C)[n+]2c(NC(=O)OCc3ccccc3)nn(C)c2n1. The van der Waals surface area contributed by atoms with Gasteiger partial charge in [0.05, 0.1) is 18.4 Å². The van der Waals surface area contributed by atoms with E-state index in [1.54, 1.807) is 16.1 Å². The van der Waals surface area contributed by atoms with Gasteiger partial charge in [0.1, 0.15) is 6.61 Å². The van der Waals surface area contributed by atoms with E-state index in [-0.39, 0.29) is 6.61 Å². The Morgan fingerprint density at radius 1 is 1.30 bits per heavy atom. The number of nitrogens with zero attached hydrogens (tertiary/aromatic N) is 4. The van der Waals surface area contributed by atoms with Crippen molar-refractivity contribution in [3.05, 3.63) is 53.3 Å².